The predicted octanol–water partition coefficient (Wildman–Crippen LogP) is 20.3. The molecule has 0 bridgehead atoms. The minimum absolute atomic E-state index is 0.857. The van der Waals surface area contributed by atoms with E-state index in [0.717, 1.165) is 61.1 Å². The van der Waals surface area contributed by atoms with Crippen LogP contribution >= 0.6 is 0 Å². The number of benzene rings is 13. The zero-order valence-electron chi connectivity index (χ0n) is 40.9. The van der Waals surface area contributed by atoms with Gasteiger partial charge in [-0.15, -0.1) is 0 Å². The summed E-state index contributed by atoms with van der Waals surface area (Å²) in [5.74, 6) is 0. The third-order valence-corrected chi connectivity index (χ3v) is 15.4. The molecule has 2 heterocycles. The van der Waals surface area contributed by atoms with Crippen LogP contribution in [0.3, 0.4) is 0 Å². The number of anilines is 3. The maximum atomic E-state index is 6.91. The number of nitrogens with zero attached hydrogens (tertiary/aromatic N) is 2. The fourth-order valence-corrected chi connectivity index (χ4v) is 12.0. The Morgan fingerprint density at radius 1 is 0.280 bits per heavy atom. The number of hydrogen-bond donors (Lipinski definition) is 0. The van der Waals surface area contributed by atoms with Gasteiger partial charge in [0, 0.05) is 38.2 Å². The summed E-state index contributed by atoms with van der Waals surface area (Å²) in [5, 5.41) is 11.9. The zero-order valence-corrected chi connectivity index (χ0v) is 40.9. The molecular weight excluding hydrogens is 909 g/mol. The molecule has 0 unspecified atom stereocenters. The highest BCUT2D eigenvalue weighted by Gasteiger charge is 2.25. The number of para-hydroxylation sites is 2. The van der Waals surface area contributed by atoms with Crippen molar-refractivity contribution in [3.63, 3.8) is 0 Å². The maximum absolute atomic E-state index is 6.91. The highest BCUT2D eigenvalue weighted by Crippen LogP contribution is 2.50. The van der Waals surface area contributed by atoms with Crippen molar-refractivity contribution in [2.75, 3.05) is 4.90 Å². The van der Waals surface area contributed by atoms with Gasteiger partial charge in [-0.3, -0.25) is 0 Å². The van der Waals surface area contributed by atoms with Crippen molar-refractivity contribution in [1.82, 2.24) is 4.57 Å². The normalized spacial score (nSPS) is 11.7. The van der Waals surface area contributed by atoms with Gasteiger partial charge < -0.3 is 13.9 Å². The lowest BCUT2D eigenvalue weighted by atomic mass is 9.93. The van der Waals surface area contributed by atoms with Gasteiger partial charge in [0.2, 0.25) is 0 Å². The Hall–Kier alpha value is -9.96. The van der Waals surface area contributed by atoms with E-state index in [0.29, 0.717) is 0 Å². The molecule has 0 atom stereocenters. The first-order valence-electron chi connectivity index (χ1n) is 25.7. The average Bonchev–Trinajstić information content (AvgIpc) is 4.04. The van der Waals surface area contributed by atoms with Crippen molar-refractivity contribution in [2.45, 2.75) is 0 Å². The minimum Gasteiger partial charge on any atom is -0.455 e. The summed E-state index contributed by atoms with van der Waals surface area (Å²) in [4.78, 5) is 2.45. The van der Waals surface area contributed by atoms with E-state index in [-0.39, 0.29) is 0 Å². The van der Waals surface area contributed by atoms with Crippen LogP contribution in [0.1, 0.15) is 0 Å². The van der Waals surface area contributed by atoms with Crippen molar-refractivity contribution in [1.29, 1.82) is 0 Å². The molecule has 2 aromatic heterocycles. The van der Waals surface area contributed by atoms with Gasteiger partial charge in [0.15, 0.2) is 0 Å². The van der Waals surface area contributed by atoms with Crippen LogP contribution in [-0.4, -0.2) is 4.57 Å². The first-order valence-corrected chi connectivity index (χ1v) is 25.7. The predicted molar refractivity (Wildman–Crippen MR) is 317 cm³/mol. The van der Waals surface area contributed by atoms with Crippen LogP contribution in [0.2, 0.25) is 0 Å². The van der Waals surface area contributed by atoms with E-state index in [4.69, 9.17) is 4.42 Å². The largest absolute Gasteiger partial charge is 0.455 e. The van der Waals surface area contributed by atoms with Crippen LogP contribution in [0.4, 0.5) is 17.1 Å². The number of furan rings is 1. The Bertz CT molecular complexity index is 4690. The number of rotatable bonds is 8. The highest BCUT2D eigenvalue weighted by atomic mass is 16.3. The molecule has 75 heavy (non-hydrogen) atoms. The fourth-order valence-electron chi connectivity index (χ4n) is 12.0. The van der Waals surface area contributed by atoms with E-state index in [1.807, 2.05) is 0 Å². The lowest BCUT2D eigenvalue weighted by molar-refractivity contribution is 0.670. The molecule has 13 aromatic carbocycles. The maximum Gasteiger partial charge on any atom is 0.145 e. The van der Waals surface area contributed by atoms with Gasteiger partial charge in [-0.2, -0.15) is 0 Å². The molecule has 15 rings (SSSR count). The molecule has 0 saturated heterocycles. The molecule has 0 saturated carbocycles. The standard InChI is InChI=1S/C72H46N2O/c1-2-17-51(18-3-1)57-43-46-68(71-63-28-11-13-34-69(63)75-72(57)71)73(53-41-39-48(40-42-53)47-35-37-52(38-36-47)55-29-14-21-49-19-4-6-23-54(49)55)66-45-44-59(58-25-8-9-26-60(58)66)61-30-16-33-67-70(61)62-27-10-12-31-65(62)74(67)64-32-15-22-50-20-5-7-24-56(50)64/h1-46H. The van der Waals surface area contributed by atoms with Gasteiger partial charge in [0.25, 0.3) is 0 Å². The van der Waals surface area contributed by atoms with Crippen molar-refractivity contribution in [2.24, 2.45) is 0 Å². The van der Waals surface area contributed by atoms with E-state index in [9.17, 15) is 0 Å². The molecule has 3 heteroatoms. The molecule has 0 fully saturated rings. The third kappa shape index (κ3) is 6.90. The van der Waals surface area contributed by atoms with Gasteiger partial charge in [-0.1, -0.05) is 224 Å². The molecule has 0 spiro atoms. The van der Waals surface area contributed by atoms with E-state index in [2.05, 4.69) is 289 Å². The first kappa shape index (κ1) is 42.7. The molecule has 0 aliphatic carbocycles. The van der Waals surface area contributed by atoms with Crippen LogP contribution in [0, 0.1) is 0 Å². The van der Waals surface area contributed by atoms with Gasteiger partial charge in [-0.05, 0) is 115 Å². The summed E-state index contributed by atoms with van der Waals surface area (Å²) in [6.07, 6.45) is 0. The first-order chi connectivity index (χ1) is 37.2. The number of fused-ring (bicyclic) bond motifs is 9. The smallest absolute Gasteiger partial charge is 0.145 e. The van der Waals surface area contributed by atoms with Crippen LogP contribution in [0.15, 0.2) is 283 Å². The van der Waals surface area contributed by atoms with Crippen molar-refractivity contribution in [3.05, 3.63) is 279 Å². The zero-order chi connectivity index (χ0) is 49.4. The molecule has 0 N–H and O–H groups in total. The summed E-state index contributed by atoms with van der Waals surface area (Å²) < 4.78 is 9.37. The van der Waals surface area contributed by atoms with E-state index >= 15 is 0 Å². The van der Waals surface area contributed by atoms with Gasteiger partial charge >= 0.3 is 0 Å². The fraction of sp³-hybridized carbons (Fsp3) is 0. The Morgan fingerprint density at radius 3 is 1.61 bits per heavy atom. The molecule has 15 aromatic rings. The second-order valence-electron chi connectivity index (χ2n) is 19.5. The van der Waals surface area contributed by atoms with Crippen LogP contribution in [0.25, 0.3) is 126 Å². The SMILES string of the molecule is c1ccc(-c2ccc(N(c3ccc(-c4ccc(-c5cccc6ccccc56)cc4)cc3)c3ccc(-c4cccc5c4c4ccccc4n5-c4cccc5ccccc45)c4ccccc34)c3c2oc2ccccc23)cc1. The summed E-state index contributed by atoms with van der Waals surface area (Å²) >= 11 is 0. The van der Waals surface area contributed by atoms with Crippen LogP contribution in [-0.2, 0) is 0 Å². The highest BCUT2D eigenvalue weighted by molar-refractivity contribution is 6.21. The van der Waals surface area contributed by atoms with Gasteiger partial charge in [0.1, 0.15) is 11.2 Å². The van der Waals surface area contributed by atoms with E-state index in [1.165, 1.54) is 82.2 Å². The van der Waals surface area contributed by atoms with Gasteiger partial charge in [0.05, 0.1) is 33.5 Å². The minimum atomic E-state index is 0.857. The van der Waals surface area contributed by atoms with Crippen molar-refractivity contribution >= 4 is 93.1 Å². The Morgan fingerprint density at radius 2 is 0.813 bits per heavy atom. The Balaban J connectivity index is 0.927. The van der Waals surface area contributed by atoms with Crippen molar-refractivity contribution in [3.8, 4) is 50.2 Å². The van der Waals surface area contributed by atoms with Crippen LogP contribution in [0.5, 0.6) is 0 Å². The Kier molecular flexibility index (Phi) is 9.89. The second-order valence-corrected chi connectivity index (χ2v) is 19.5. The molecule has 0 aliphatic heterocycles. The van der Waals surface area contributed by atoms with Crippen molar-refractivity contribution < 1.29 is 4.42 Å². The third-order valence-electron chi connectivity index (χ3n) is 15.4. The summed E-state index contributed by atoms with van der Waals surface area (Å²) in [5.41, 5.74) is 17.7. The molecule has 0 amide bonds. The molecule has 0 radical (unpaired) electrons. The second kappa shape index (κ2) is 17.4. The van der Waals surface area contributed by atoms with Crippen LogP contribution < -0.4 is 4.90 Å². The monoisotopic (exact) mass is 954 g/mol. The lowest BCUT2D eigenvalue weighted by Crippen LogP contribution is -2.11. The topological polar surface area (TPSA) is 21.3 Å². The quantitative estimate of drug-likeness (QED) is 0.151. The lowest BCUT2D eigenvalue weighted by Gasteiger charge is -2.29. The summed E-state index contributed by atoms with van der Waals surface area (Å²) in [6, 6.07) is 101. The number of hydrogen-bond acceptors (Lipinski definition) is 2. The van der Waals surface area contributed by atoms with E-state index in [1.54, 1.807) is 0 Å². The summed E-state index contributed by atoms with van der Waals surface area (Å²) in [6.45, 7) is 0. The molecule has 3 nitrogen and oxygen atoms in total. The number of aromatic nitrogens is 1. The average molecular weight is 955 g/mol. The molecular formula is C72H46N2O. The molecule has 350 valence electrons. The Labute approximate surface area is 434 Å². The summed E-state index contributed by atoms with van der Waals surface area (Å²) in [7, 11) is 0. The molecule has 0 aliphatic rings. The van der Waals surface area contributed by atoms with Gasteiger partial charge in [-0.25, -0.2) is 0 Å². The van der Waals surface area contributed by atoms with E-state index < -0.39 is 0 Å².